The molecule has 2 rings (SSSR count). The minimum Gasteiger partial charge on any atom is -0.278 e. The highest BCUT2D eigenvalue weighted by molar-refractivity contribution is 5.97. The first-order valence-corrected chi connectivity index (χ1v) is 5.41. The number of likely N-dealkylation sites (tertiary alicyclic amines) is 1. The number of hydrogen-bond acceptors (Lipinski definition) is 3. The quantitative estimate of drug-likeness (QED) is 0.705. The molecule has 1 saturated heterocycles. The molecule has 84 valence electrons. The van der Waals surface area contributed by atoms with Gasteiger partial charge in [-0.15, -0.1) is 0 Å². The molecule has 1 aromatic rings. The van der Waals surface area contributed by atoms with Crippen molar-refractivity contribution in [3.63, 3.8) is 0 Å². The van der Waals surface area contributed by atoms with E-state index in [-0.39, 0.29) is 11.8 Å². The summed E-state index contributed by atoms with van der Waals surface area (Å²) in [6, 6.07) is 1.88. The second kappa shape index (κ2) is 4.43. The number of amides is 2. The molecule has 0 saturated carbocycles. The van der Waals surface area contributed by atoms with Crippen LogP contribution in [-0.4, -0.2) is 21.7 Å². The van der Waals surface area contributed by atoms with E-state index in [1.807, 2.05) is 13.0 Å². The summed E-state index contributed by atoms with van der Waals surface area (Å²) < 4.78 is 0. The van der Waals surface area contributed by atoms with Gasteiger partial charge in [-0.3, -0.25) is 19.5 Å². The van der Waals surface area contributed by atoms with Crippen LogP contribution in [0.4, 0.5) is 0 Å². The molecule has 1 aliphatic heterocycles. The lowest BCUT2D eigenvalue weighted by atomic mass is 10.1. The molecule has 2 heterocycles. The first kappa shape index (κ1) is 10.8. The van der Waals surface area contributed by atoms with Gasteiger partial charge < -0.3 is 0 Å². The van der Waals surface area contributed by atoms with Crippen molar-refractivity contribution in [3.8, 4) is 0 Å². The van der Waals surface area contributed by atoms with Gasteiger partial charge >= 0.3 is 0 Å². The normalized spacial score (nSPS) is 16.7. The van der Waals surface area contributed by atoms with Crippen LogP contribution in [0.3, 0.4) is 0 Å². The van der Waals surface area contributed by atoms with Gasteiger partial charge in [-0.25, -0.2) is 0 Å². The molecule has 0 unspecified atom stereocenters. The van der Waals surface area contributed by atoms with Crippen LogP contribution in [0.25, 0.3) is 0 Å². The van der Waals surface area contributed by atoms with Crippen LogP contribution in [0.5, 0.6) is 0 Å². The molecule has 0 aliphatic carbocycles. The van der Waals surface area contributed by atoms with Gasteiger partial charge in [0.15, 0.2) is 0 Å². The summed E-state index contributed by atoms with van der Waals surface area (Å²) in [4.78, 5) is 28.6. The van der Waals surface area contributed by atoms with Crippen LogP contribution in [0, 0.1) is 6.92 Å². The number of pyridine rings is 1. The van der Waals surface area contributed by atoms with Gasteiger partial charge in [0, 0.05) is 25.2 Å². The van der Waals surface area contributed by atoms with Crippen molar-refractivity contribution in [1.82, 2.24) is 9.88 Å². The van der Waals surface area contributed by atoms with Gasteiger partial charge in [0.05, 0.1) is 6.54 Å². The van der Waals surface area contributed by atoms with E-state index in [1.54, 1.807) is 12.4 Å². The predicted octanol–water partition coefficient (Wildman–Crippen LogP) is 1.43. The Kier molecular flexibility index (Phi) is 2.99. The van der Waals surface area contributed by atoms with Crippen molar-refractivity contribution in [3.05, 3.63) is 29.6 Å². The lowest BCUT2D eigenvalue weighted by Crippen LogP contribution is -2.39. The van der Waals surface area contributed by atoms with Crippen LogP contribution >= 0.6 is 0 Å². The Labute approximate surface area is 94.3 Å². The van der Waals surface area contributed by atoms with E-state index in [1.165, 1.54) is 4.90 Å². The van der Waals surface area contributed by atoms with Crippen molar-refractivity contribution >= 4 is 11.8 Å². The molecule has 1 aromatic heterocycles. The average molecular weight is 218 g/mol. The van der Waals surface area contributed by atoms with E-state index >= 15 is 0 Å². The molecule has 1 fully saturated rings. The van der Waals surface area contributed by atoms with E-state index < -0.39 is 0 Å². The van der Waals surface area contributed by atoms with Crippen molar-refractivity contribution < 1.29 is 9.59 Å². The highest BCUT2D eigenvalue weighted by Gasteiger charge is 2.26. The first-order valence-electron chi connectivity index (χ1n) is 5.41. The molecular weight excluding hydrogens is 204 g/mol. The number of piperidine rings is 1. The lowest BCUT2D eigenvalue weighted by molar-refractivity contribution is -0.148. The van der Waals surface area contributed by atoms with E-state index in [0.717, 1.165) is 11.1 Å². The number of hydrogen-bond donors (Lipinski definition) is 0. The lowest BCUT2D eigenvalue weighted by Gasteiger charge is -2.25. The SMILES string of the molecule is Cc1ccncc1CN1C(=O)CCCC1=O. The molecule has 0 N–H and O–H groups in total. The van der Waals surface area contributed by atoms with Crippen LogP contribution in [0.1, 0.15) is 30.4 Å². The fraction of sp³-hybridized carbons (Fsp3) is 0.417. The highest BCUT2D eigenvalue weighted by Crippen LogP contribution is 2.16. The van der Waals surface area contributed by atoms with Crippen molar-refractivity contribution in [2.24, 2.45) is 0 Å². The average Bonchev–Trinajstić information content (AvgIpc) is 2.26. The van der Waals surface area contributed by atoms with E-state index in [9.17, 15) is 9.59 Å². The van der Waals surface area contributed by atoms with Crippen LogP contribution in [0.15, 0.2) is 18.5 Å². The van der Waals surface area contributed by atoms with Gasteiger partial charge in [-0.1, -0.05) is 0 Å². The molecule has 0 bridgehead atoms. The smallest absolute Gasteiger partial charge is 0.229 e. The van der Waals surface area contributed by atoms with Crippen LogP contribution < -0.4 is 0 Å². The number of imide groups is 1. The molecular formula is C12H14N2O2. The third-order valence-corrected chi connectivity index (χ3v) is 2.86. The van der Waals surface area contributed by atoms with Gasteiger partial charge in [0.2, 0.25) is 11.8 Å². The number of aromatic nitrogens is 1. The molecule has 4 heteroatoms. The summed E-state index contributed by atoms with van der Waals surface area (Å²) >= 11 is 0. The largest absolute Gasteiger partial charge is 0.278 e. The molecule has 0 atom stereocenters. The van der Waals surface area contributed by atoms with E-state index in [4.69, 9.17) is 0 Å². The second-order valence-electron chi connectivity index (χ2n) is 4.03. The summed E-state index contributed by atoms with van der Waals surface area (Å²) in [5.74, 6) is -0.140. The monoisotopic (exact) mass is 218 g/mol. The van der Waals surface area contributed by atoms with Crippen LogP contribution in [0.2, 0.25) is 0 Å². The zero-order valence-corrected chi connectivity index (χ0v) is 9.27. The fourth-order valence-electron chi connectivity index (χ4n) is 1.81. The minimum atomic E-state index is -0.0699. The van der Waals surface area contributed by atoms with E-state index in [2.05, 4.69) is 4.98 Å². The maximum atomic E-state index is 11.6. The Morgan fingerprint density at radius 3 is 2.62 bits per heavy atom. The number of carbonyl (C=O) groups excluding carboxylic acids is 2. The van der Waals surface area contributed by atoms with Crippen molar-refractivity contribution in [2.75, 3.05) is 0 Å². The molecule has 1 aliphatic rings. The summed E-state index contributed by atoms with van der Waals surface area (Å²) in [5, 5.41) is 0. The Hall–Kier alpha value is -1.71. The molecule has 16 heavy (non-hydrogen) atoms. The number of rotatable bonds is 2. The molecule has 0 radical (unpaired) electrons. The fourth-order valence-corrected chi connectivity index (χ4v) is 1.81. The maximum Gasteiger partial charge on any atom is 0.229 e. The molecule has 0 aromatic carbocycles. The summed E-state index contributed by atoms with van der Waals surface area (Å²) in [6.45, 7) is 2.31. The Morgan fingerprint density at radius 1 is 1.31 bits per heavy atom. The Balaban J connectivity index is 2.17. The highest BCUT2D eigenvalue weighted by atomic mass is 16.2. The van der Waals surface area contributed by atoms with Gasteiger partial charge in [-0.05, 0) is 30.5 Å². The summed E-state index contributed by atoms with van der Waals surface area (Å²) in [5.41, 5.74) is 1.99. The third-order valence-electron chi connectivity index (χ3n) is 2.86. The Bertz CT molecular complexity index is 413. The van der Waals surface area contributed by atoms with Crippen molar-refractivity contribution in [2.45, 2.75) is 32.7 Å². The third kappa shape index (κ3) is 2.10. The molecule has 0 spiro atoms. The zero-order chi connectivity index (χ0) is 11.5. The summed E-state index contributed by atoms with van der Waals surface area (Å²) in [6.07, 6.45) is 5.06. The topological polar surface area (TPSA) is 50.3 Å². The molecule has 4 nitrogen and oxygen atoms in total. The van der Waals surface area contributed by atoms with Gasteiger partial charge in [0.1, 0.15) is 0 Å². The number of nitrogens with zero attached hydrogens (tertiary/aromatic N) is 2. The van der Waals surface area contributed by atoms with Crippen molar-refractivity contribution in [1.29, 1.82) is 0 Å². The number of aryl methyl sites for hydroxylation is 1. The van der Waals surface area contributed by atoms with E-state index in [0.29, 0.717) is 25.8 Å². The Morgan fingerprint density at radius 2 is 2.00 bits per heavy atom. The van der Waals surface area contributed by atoms with Crippen LogP contribution in [-0.2, 0) is 16.1 Å². The van der Waals surface area contributed by atoms with Gasteiger partial charge in [-0.2, -0.15) is 0 Å². The zero-order valence-electron chi connectivity index (χ0n) is 9.27. The maximum absolute atomic E-state index is 11.6. The predicted molar refractivity (Wildman–Crippen MR) is 58.4 cm³/mol. The minimum absolute atomic E-state index is 0.0699. The molecule has 2 amide bonds. The standard InChI is InChI=1S/C12H14N2O2/c1-9-5-6-13-7-10(9)8-14-11(15)3-2-4-12(14)16/h5-7H,2-4,8H2,1H3. The van der Waals surface area contributed by atoms with Gasteiger partial charge in [0.25, 0.3) is 0 Å². The summed E-state index contributed by atoms with van der Waals surface area (Å²) in [7, 11) is 0. The second-order valence-corrected chi connectivity index (χ2v) is 4.03. The first-order chi connectivity index (χ1) is 7.68. The number of carbonyl (C=O) groups is 2.